The molecular formula is C19H19N3O4S2. The number of benzene rings is 2. The Balaban J connectivity index is 1.79. The summed E-state index contributed by atoms with van der Waals surface area (Å²) in [7, 11) is -3.20. The first-order valence-corrected chi connectivity index (χ1v) is 11.0. The number of fused-ring (bicyclic) bond motifs is 1. The van der Waals surface area contributed by atoms with Crippen LogP contribution in [0.5, 0.6) is 0 Å². The standard InChI is InChI=1S/C19H19N3O4S2/c1-12-7-13(2)9-16(8-12)21-18-11-28(25,26)10-17(18)20(19(21)27)14-3-5-15(6-4-14)22(23)24/h3-9,17-18H,10-11H2,1-2H3/t17-,18+/m1/s1. The zero-order chi connectivity index (χ0) is 20.2. The topological polar surface area (TPSA) is 83.8 Å². The first-order valence-electron chi connectivity index (χ1n) is 8.82. The Morgan fingerprint density at radius 3 is 1.96 bits per heavy atom. The molecule has 0 saturated carbocycles. The third kappa shape index (κ3) is 3.14. The van der Waals surface area contributed by atoms with Gasteiger partial charge in [-0.1, -0.05) is 6.07 Å². The van der Waals surface area contributed by atoms with Gasteiger partial charge in [0.2, 0.25) is 0 Å². The van der Waals surface area contributed by atoms with Gasteiger partial charge < -0.3 is 9.80 Å². The molecule has 2 aliphatic rings. The van der Waals surface area contributed by atoms with Gasteiger partial charge in [-0.3, -0.25) is 10.1 Å². The molecule has 146 valence electrons. The molecule has 0 unspecified atom stereocenters. The second kappa shape index (κ2) is 6.52. The van der Waals surface area contributed by atoms with Gasteiger partial charge in [-0.25, -0.2) is 8.42 Å². The highest BCUT2D eigenvalue weighted by Gasteiger charge is 2.52. The summed E-state index contributed by atoms with van der Waals surface area (Å²) in [6.45, 7) is 3.99. The Bertz CT molecular complexity index is 1060. The number of nitro groups is 1. The number of hydrogen-bond acceptors (Lipinski definition) is 5. The number of nitrogens with zero attached hydrogens (tertiary/aromatic N) is 3. The van der Waals surface area contributed by atoms with Crippen molar-refractivity contribution >= 4 is 44.2 Å². The van der Waals surface area contributed by atoms with Crippen molar-refractivity contribution in [3.63, 3.8) is 0 Å². The Kier molecular flexibility index (Phi) is 4.39. The highest BCUT2D eigenvalue weighted by Crippen LogP contribution is 2.39. The zero-order valence-corrected chi connectivity index (χ0v) is 17.0. The van der Waals surface area contributed by atoms with Gasteiger partial charge in [0.25, 0.3) is 5.69 Å². The summed E-state index contributed by atoms with van der Waals surface area (Å²) >= 11 is 5.75. The number of aryl methyl sites for hydroxylation is 2. The quantitative estimate of drug-likeness (QED) is 0.431. The Labute approximate surface area is 168 Å². The van der Waals surface area contributed by atoms with E-state index < -0.39 is 14.8 Å². The van der Waals surface area contributed by atoms with Crippen molar-refractivity contribution in [2.75, 3.05) is 21.3 Å². The van der Waals surface area contributed by atoms with Crippen LogP contribution >= 0.6 is 12.2 Å². The van der Waals surface area contributed by atoms with E-state index in [0.717, 1.165) is 16.8 Å². The number of nitro benzene ring substituents is 1. The van der Waals surface area contributed by atoms with Gasteiger partial charge in [0, 0.05) is 23.5 Å². The minimum absolute atomic E-state index is 0.0100. The molecule has 0 bridgehead atoms. The van der Waals surface area contributed by atoms with Crippen LogP contribution < -0.4 is 9.80 Å². The lowest BCUT2D eigenvalue weighted by atomic mass is 10.1. The lowest BCUT2D eigenvalue weighted by Crippen LogP contribution is -2.37. The van der Waals surface area contributed by atoms with E-state index in [1.165, 1.54) is 12.1 Å². The van der Waals surface area contributed by atoms with Crippen LogP contribution in [-0.4, -0.2) is 42.0 Å². The summed E-state index contributed by atoms with van der Waals surface area (Å²) in [6, 6.07) is 11.5. The summed E-state index contributed by atoms with van der Waals surface area (Å²) in [5.41, 5.74) is 3.66. The predicted molar refractivity (Wildman–Crippen MR) is 113 cm³/mol. The van der Waals surface area contributed by atoms with E-state index in [1.54, 1.807) is 12.1 Å². The lowest BCUT2D eigenvalue weighted by molar-refractivity contribution is -0.384. The molecule has 0 N–H and O–H groups in total. The van der Waals surface area contributed by atoms with Gasteiger partial charge in [-0.05, 0) is 61.5 Å². The largest absolute Gasteiger partial charge is 0.312 e. The molecule has 2 heterocycles. The van der Waals surface area contributed by atoms with E-state index in [9.17, 15) is 18.5 Å². The van der Waals surface area contributed by atoms with Gasteiger partial charge >= 0.3 is 0 Å². The predicted octanol–water partition coefficient (Wildman–Crippen LogP) is 2.99. The Morgan fingerprint density at radius 2 is 1.46 bits per heavy atom. The SMILES string of the molecule is Cc1cc(C)cc(N2C(=S)N(c3ccc([N+](=O)[O-])cc3)[C@@H]3CS(=O)(=O)C[C@@H]32)c1. The van der Waals surface area contributed by atoms with Gasteiger partial charge in [-0.2, -0.15) is 0 Å². The van der Waals surface area contributed by atoms with Crippen molar-refractivity contribution < 1.29 is 13.3 Å². The molecule has 2 atom stereocenters. The molecule has 2 aliphatic heterocycles. The average Bonchev–Trinajstić information content (AvgIpc) is 3.02. The first kappa shape index (κ1) is 18.8. The van der Waals surface area contributed by atoms with Crippen LogP contribution in [0.4, 0.5) is 17.1 Å². The second-order valence-electron chi connectivity index (χ2n) is 7.35. The van der Waals surface area contributed by atoms with Gasteiger partial charge in [0.05, 0.1) is 28.5 Å². The normalized spacial score (nSPS) is 23.1. The van der Waals surface area contributed by atoms with E-state index in [-0.39, 0.29) is 29.3 Å². The highest BCUT2D eigenvalue weighted by atomic mass is 32.2. The summed E-state index contributed by atoms with van der Waals surface area (Å²) in [5, 5.41) is 11.5. The smallest absolute Gasteiger partial charge is 0.269 e. The monoisotopic (exact) mass is 417 g/mol. The van der Waals surface area contributed by atoms with Gasteiger partial charge in [0.1, 0.15) is 0 Å². The molecule has 2 fully saturated rings. The minimum atomic E-state index is -3.20. The molecule has 0 spiro atoms. The molecular weight excluding hydrogens is 398 g/mol. The van der Waals surface area contributed by atoms with Crippen LogP contribution in [0.3, 0.4) is 0 Å². The Hall–Kier alpha value is -2.52. The molecule has 0 aliphatic carbocycles. The summed E-state index contributed by atoms with van der Waals surface area (Å²) < 4.78 is 24.8. The highest BCUT2D eigenvalue weighted by molar-refractivity contribution is 7.91. The summed E-state index contributed by atoms with van der Waals surface area (Å²) in [6.07, 6.45) is 0. The summed E-state index contributed by atoms with van der Waals surface area (Å²) in [5.74, 6) is 0.0460. The Morgan fingerprint density at radius 1 is 0.964 bits per heavy atom. The van der Waals surface area contributed by atoms with Crippen LogP contribution in [0.2, 0.25) is 0 Å². The van der Waals surface area contributed by atoms with Crippen LogP contribution in [0.1, 0.15) is 11.1 Å². The zero-order valence-electron chi connectivity index (χ0n) is 15.4. The molecule has 0 radical (unpaired) electrons. The molecule has 0 aromatic heterocycles. The molecule has 4 rings (SSSR count). The minimum Gasteiger partial charge on any atom is -0.312 e. The molecule has 28 heavy (non-hydrogen) atoms. The van der Waals surface area contributed by atoms with Crippen LogP contribution in [0.25, 0.3) is 0 Å². The fourth-order valence-electron chi connectivity index (χ4n) is 4.13. The lowest BCUT2D eigenvalue weighted by Gasteiger charge is -2.26. The van der Waals surface area contributed by atoms with Crippen LogP contribution in [0.15, 0.2) is 42.5 Å². The van der Waals surface area contributed by atoms with Crippen molar-refractivity contribution in [2.45, 2.75) is 25.9 Å². The molecule has 7 nitrogen and oxygen atoms in total. The molecule has 9 heteroatoms. The van der Waals surface area contributed by atoms with E-state index in [4.69, 9.17) is 12.2 Å². The van der Waals surface area contributed by atoms with Crippen molar-refractivity contribution in [3.8, 4) is 0 Å². The number of hydrogen-bond donors (Lipinski definition) is 0. The van der Waals surface area contributed by atoms with Crippen molar-refractivity contribution in [1.29, 1.82) is 0 Å². The third-order valence-corrected chi connectivity index (χ3v) is 7.28. The van der Waals surface area contributed by atoms with Gasteiger partial charge in [0.15, 0.2) is 14.9 Å². The van der Waals surface area contributed by atoms with Crippen LogP contribution in [0, 0.1) is 24.0 Å². The van der Waals surface area contributed by atoms with Crippen molar-refractivity contribution in [3.05, 3.63) is 63.7 Å². The van der Waals surface area contributed by atoms with Crippen molar-refractivity contribution in [2.24, 2.45) is 0 Å². The van der Waals surface area contributed by atoms with Crippen molar-refractivity contribution in [1.82, 2.24) is 0 Å². The maximum atomic E-state index is 12.4. The van der Waals surface area contributed by atoms with Crippen LogP contribution in [-0.2, 0) is 9.84 Å². The second-order valence-corrected chi connectivity index (χ2v) is 9.87. The number of thiocarbonyl (C=S) groups is 1. The summed E-state index contributed by atoms with van der Waals surface area (Å²) in [4.78, 5) is 14.2. The maximum Gasteiger partial charge on any atom is 0.269 e. The van der Waals surface area contributed by atoms with E-state index >= 15 is 0 Å². The van der Waals surface area contributed by atoms with E-state index in [2.05, 4.69) is 6.07 Å². The third-order valence-electron chi connectivity index (χ3n) is 5.19. The molecule has 2 aromatic rings. The number of non-ortho nitro benzene ring substituents is 1. The fourth-order valence-corrected chi connectivity index (χ4v) is 6.53. The molecule has 0 amide bonds. The number of sulfone groups is 1. The molecule has 2 aromatic carbocycles. The van der Waals surface area contributed by atoms with E-state index in [0.29, 0.717) is 10.8 Å². The fraction of sp³-hybridized carbons (Fsp3) is 0.316. The van der Waals surface area contributed by atoms with Gasteiger partial charge in [-0.15, -0.1) is 0 Å². The maximum absolute atomic E-state index is 12.4. The number of rotatable bonds is 3. The molecule has 2 saturated heterocycles. The van der Waals surface area contributed by atoms with E-state index in [1.807, 2.05) is 35.8 Å². The first-order chi connectivity index (χ1) is 13.2. The number of anilines is 2. The average molecular weight is 418 g/mol.